The van der Waals surface area contributed by atoms with Gasteiger partial charge in [0.25, 0.3) is 0 Å². The molecule has 0 bridgehead atoms. The molecular formula is C12H27N. The van der Waals surface area contributed by atoms with E-state index in [1.54, 1.807) is 0 Å². The highest BCUT2D eigenvalue weighted by atomic mass is 15.1. The standard InChI is InChI=1S/C12H27N/c1-8-11(13(6)7)9-12(4,5)10(2)3/h10-11H,8-9H2,1-7H3. The SMILES string of the molecule is CCC(CC(C)(C)C(C)C)N(C)C. The largest absolute Gasteiger partial charge is 0.306 e. The maximum Gasteiger partial charge on any atom is 0.00917 e. The zero-order valence-electron chi connectivity index (χ0n) is 10.5. The van der Waals surface area contributed by atoms with Crippen LogP contribution in [0.1, 0.15) is 47.5 Å². The fourth-order valence-electron chi connectivity index (χ4n) is 1.54. The van der Waals surface area contributed by atoms with E-state index >= 15 is 0 Å². The molecule has 0 amide bonds. The summed E-state index contributed by atoms with van der Waals surface area (Å²) in [4.78, 5) is 2.35. The van der Waals surface area contributed by atoms with E-state index in [1.165, 1.54) is 12.8 Å². The fraction of sp³-hybridized carbons (Fsp3) is 1.00. The molecule has 1 unspecified atom stereocenters. The van der Waals surface area contributed by atoms with Gasteiger partial charge in [0.1, 0.15) is 0 Å². The molecule has 0 radical (unpaired) electrons. The Kier molecular flexibility index (Phi) is 4.98. The summed E-state index contributed by atoms with van der Waals surface area (Å²) in [5, 5.41) is 0. The zero-order chi connectivity index (χ0) is 10.6. The Morgan fingerprint density at radius 1 is 1.15 bits per heavy atom. The van der Waals surface area contributed by atoms with Gasteiger partial charge in [-0.15, -0.1) is 0 Å². The number of rotatable bonds is 5. The lowest BCUT2D eigenvalue weighted by molar-refractivity contribution is 0.147. The van der Waals surface area contributed by atoms with Crippen LogP contribution < -0.4 is 0 Å². The average Bonchev–Trinajstić information content (AvgIpc) is 1.99. The highest BCUT2D eigenvalue weighted by Crippen LogP contribution is 2.33. The minimum atomic E-state index is 0.463. The molecule has 0 aliphatic rings. The summed E-state index contributed by atoms with van der Waals surface area (Å²) < 4.78 is 0. The summed E-state index contributed by atoms with van der Waals surface area (Å²) in [6.07, 6.45) is 2.55. The maximum atomic E-state index is 2.38. The lowest BCUT2D eigenvalue weighted by atomic mass is 9.75. The quantitative estimate of drug-likeness (QED) is 0.634. The molecule has 80 valence electrons. The van der Waals surface area contributed by atoms with Crippen molar-refractivity contribution in [2.75, 3.05) is 14.1 Å². The van der Waals surface area contributed by atoms with Crippen molar-refractivity contribution in [3.05, 3.63) is 0 Å². The van der Waals surface area contributed by atoms with Crippen molar-refractivity contribution in [3.63, 3.8) is 0 Å². The van der Waals surface area contributed by atoms with Gasteiger partial charge in [-0.3, -0.25) is 0 Å². The Morgan fingerprint density at radius 3 is 1.85 bits per heavy atom. The van der Waals surface area contributed by atoms with Crippen LogP contribution in [0, 0.1) is 11.3 Å². The molecule has 0 aliphatic carbocycles. The zero-order valence-corrected chi connectivity index (χ0v) is 10.5. The van der Waals surface area contributed by atoms with Crippen molar-refractivity contribution in [3.8, 4) is 0 Å². The summed E-state index contributed by atoms with van der Waals surface area (Å²) in [5.41, 5.74) is 0.463. The van der Waals surface area contributed by atoms with Crippen molar-refractivity contribution in [1.82, 2.24) is 4.90 Å². The van der Waals surface area contributed by atoms with Gasteiger partial charge in [0.2, 0.25) is 0 Å². The maximum absolute atomic E-state index is 2.38. The van der Waals surface area contributed by atoms with Gasteiger partial charge in [-0.1, -0.05) is 34.6 Å². The van der Waals surface area contributed by atoms with Crippen molar-refractivity contribution in [1.29, 1.82) is 0 Å². The van der Waals surface area contributed by atoms with E-state index < -0.39 is 0 Å². The first-order valence-electron chi connectivity index (χ1n) is 5.47. The van der Waals surface area contributed by atoms with E-state index in [0.29, 0.717) is 5.41 Å². The second kappa shape index (κ2) is 4.99. The lowest BCUT2D eigenvalue weighted by Gasteiger charge is -2.35. The summed E-state index contributed by atoms with van der Waals surface area (Å²) in [7, 11) is 4.37. The number of nitrogens with zero attached hydrogens (tertiary/aromatic N) is 1. The van der Waals surface area contributed by atoms with Gasteiger partial charge in [0.05, 0.1) is 0 Å². The smallest absolute Gasteiger partial charge is 0.00917 e. The molecular weight excluding hydrogens is 158 g/mol. The first kappa shape index (κ1) is 13.0. The van der Waals surface area contributed by atoms with Crippen LogP contribution in [0.25, 0.3) is 0 Å². The van der Waals surface area contributed by atoms with Crippen LogP contribution in [-0.2, 0) is 0 Å². The molecule has 0 saturated heterocycles. The molecule has 0 aromatic carbocycles. The second-order valence-corrected chi connectivity index (χ2v) is 5.37. The molecule has 0 aromatic heterocycles. The van der Waals surface area contributed by atoms with Gasteiger partial charge in [-0.25, -0.2) is 0 Å². The predicted molar refractivity (Wildman–Crippen MR) is 61.0 cm³/mol. The van der Waals surface area contributed by atoms with Gasteiger partial charge in [0.15, 0.2) is 0 Å². The molecule has 1 nitrogen and oxygen atoms in total. The Bertz CT molecular complexity index is 136. The third-order valence-electron chi connectivity index (χ3n) is 3.53. The van der Waals surface area contributed by atoms with Crippen LogP contribution in [0.3, 0.4) is 0 Å². The van der Waals surface area contributed by atoms with Gasteiger partial charge in [0, 0.05) is 6.04 Å². The van der Waals surface area contributed by atoms with E-state index in [0.717, 1.165) is 12.0 Å². The molecule has 1 heteroatoms. The molecule has 0 N–H and O–H groups in total. The van der Waals surface area contributed by atoms with Crippen molar-refractivity contribution in [2.24, 2.45) is 11.3 Å². The molecule has 0 fully saturated rings. The van der Waals surface area contributed by atoms with Crippen molar-refractivity contribution in [2.45, 2.75) is 53.5 Å². The Hall–Kier alpha value is -0.0400. The summed E-state index contributed by atoms with van der Waals surface area (Å²) in [6.45, 7) is 11.7. The third-order valence-corrected chi connectivity index (χ3v) is 3.53. The second-order valence-electron chi connectivity index (χ2n) is 5.37. The Morgan fingerprint density at radius 2 is 1.62 bits per heavy atom. The van der Waals surface area contributed by atoms with E-state index in [-0.39, 0.29) is 0 Å². The van der Waals surface area contributed by atoms with Crippen LogP contribution >= 0.6 is 0 Å². The van der Waals surface area contributed by atoms with Crippen LogP contribution in [0.4, 0.5) is 0 Å². The highest BCUT2D eigenvalue weighted by Gasteiger charge is 2.26. The minimum absolute atomic E-state index is 0.463. The lowest BCUT2D eigenvalue weighted by Crippen LogP contribution is -2.34. The molecule has 13 heavy (non-hydrogen) atoms. The van der Waals surface area contributed by atoms with Gasteiger partial charge < -0.3 is 4.90 Å². The van der Waals surface area contributed by atoms with E-state index in [4.69, 9.17) is 0 Å². The molecule has 0 spiro atoms. The van der Waals surface area contributed by atoms with Crippen LogP contribution in [0.5, 0.6) is 0 Å². The molecule has 0 heterocycles. The monoisotopic (exact) mass is 185 g/mol. The number of hydrogen-bond acceptors (Lipinski definition) is 1. The minimum Gasteiger partial charge on any atom is -0.306 e. The first-order valence-corrected chi connectivity index (χ1v) is 5.47. The Labute approximate surface area is 84.5 Å². The molecule has 0 rings (SSSR count). The summed E-state index contributed by atoms with van der Waals surface area (Å²) in [6, 6.07) is 0.734. The molecule has 0 aliphatic heterocycles. The normalized spacial score (nSPS) is 15.5. The van der Waals surface area contributed by atoms with Crippen LogP contribution in [0.15, 0.2) is 0 Å². The average molecular weight is 185 g/mol. The first-order chi connectivity index (χ1) is 5.81. The molecule has 1 atom stereocenters. The van der Waals surface area contributed by atoms with E-state index in [9.17, 15) is 0 Å². The van der Waals surface area contributed by atoms with Crippen LogP contribution in [-0.4, -0.2) is 25.0 Å². The number of hydrogen-bond donors (Lipinski definition) is 0. The summed E-state index contributed by atoms with van der Waals surface area (Å²) >= 11 is 0. The van der Waals surface area contributed by atoms with Crippen molar-refractivity contribution >= 4 is 0 Å². The van der Waals surface area contributed by atoms with Gasteiger partial charge >= 0.3 is 0 Å². The molecule has 0 saturated carbocycles. The fourth-order valence-corrected chi connectivity index (χ4v) is 1.54. The molecule has 0 aromatic rings. The van der Waals surface area contributed by atoms with Gasteiger partial charge in [-0.05, 0) is 38.3 Å². The topological polar surface area (TPSA) is 3.24 Å². The summed E-state index contributed by atoms with van der Waals surface area (Å²) in [5.74, 6) is 0.765. The van der Waals surface area contributed by atoms with E-state index in [1.807, 2.05) is 0 Å². The predicted octanol–water partition coefficient (Wildman–Crippen LogP) is 3.40. The van der Waals surface area contributed by atoms with Crippen molar-refractivity contribution < 1.29 is 0 Å². The van der Waals surface area contributed by atoms with Crippen LogP contribution in [0.2, 0.25) is 0 Å². The Balaban J connectivity index is 4.22. The van der Waals surface area contributed by atoms with E-state index in [2.05, 4.69) is 53.6 Å². The third kappa shape index (κ3) is 4.12. The van der Waals surface area contributed by atoms with Gasteiger partial charge in [-0.2, -0.15) is 0 Å². The highest BCUT2D eigenvalue weighted by molar-refractivity contribution is 4.79.